The summed E-state index contributed by atoms with van der Waals surface area (Å²) in [6, 6.07) is 0. The number of aliphatic hydroxyl groups excluding tert-OH is 1. The number of carboxylic acid groups (broad SMARTS) is 1. The molecule has 0 amide bonds. The zero-order valence-corrected chi connectivity index (χ0v) is 15.6. The normalized spacial score (nSPS) is 51.1. The van der Waals surface area contributed by atoms with E-state index in [4.69, 9.17) is 0 Å². The van der Waals surface area contributed by atoms with Crippen LogP contribution in [0.1, 0.15) is 66.2 Å². The number of allylic oxidation sites excluding steroid dienone is 3. The van der Waals surface area contributed by atoms with Crippen molar-refractivity contribution in [3.8, 4) is 0 Å². The highest BCUT2D eigenvalue weighted by molar-refractivity contribution is 5.75. The minimum absolute atomic E-state index is 0.0312. The minimum Gasteiger partial charge on any atom is -0.481 e. The first-order chi connectivity index (χ1) is 11.0. The van der Waals surface area contributed by atoms with Gasteiger partial charge in [-0.25, -0.2) is 0 Å². The summed E-state index contributed by atoms with van der Waals surface area (Å²) in [6.07, 6.45) is 8.95. The second-order valence-electron chi connectivity index (χ2n) is 9.51. The van der Waals surface area contributed by atoms with Crippen LogP contribution in [0.2, 0.25) is 0 Å². The van der Waals surface area contributed by atoms with Gasteiger partial charge in [0.05, 0.1) is 11.5 Å². The number of hydrogen-bond donors (Lipinski definition) is 2. The van der Waals surface area contributed by atoms with Crippen LogP contribution in [0.25, 0.3) is 0 Å². The van der Waals surface area contributed by atoms with Crippen molar-refractivity contribution in [1.29, 1.82) is 0 Å². The van der Waals surface area contributed by atoms with Crippen molar-refractivity contribution in [2.75, 3.05) is 0 Å². The number of aliphatic carboxylic acids is 1. The zero-order chi connectivity index (χ0) is 18.0. The molecule has 0 saturated heterocycles. The van der Waals surface area contributed by atoms with Crippen LogP contribution in [0.5, 0.6) is 0 Å². The van der Waals surface area contributed by atoms with E-state index in [-0.39, 0.29) is 22.2 Å². The van der Waals surface area contributed by atoms with Crippen LogP contribution in [-0.2, 0) is 4.79 Å². The zero-order valence-electron chi connectivity index (χ0n) is 15.6. The number of rotatable bonds is 2. The Kier molecular flexibility index (Phi) is 3.84. The first kappa shape index (κ1) is 17.7. The summed E-state index contributed by atoms with van der Waals surface area (Å²) in [5, 5.41) is 20.5. The molecule has 0 heterocycles. The lowest BCUT2D eigenvalue weighted by molar-refractivity contribution is -0.183. The topological polar surface area (TPSA) is 57.5 Å². The summed E-state index contributed by atoms with van der Waals surface area (Å²) in [7, 11) is 0. The number of carboxylic acids is 1. The van der Waals surface area contributed by atoms with Gasteiger partial charge in [0.15, 0.2) is 0 Å². The van der Waals surface area contributed by atoms with Crippen LogP contribution in [0.15, 0.2) is 24.3 Å². The largest absolute Gasteiger partial charge is 0.481 e. The molecule has 3 rings (SSSR count). The predicted octanol–water partition coefficient (Wildman–Crippen LogP) is 4.57. The van der Waals surface area contributed by atoms with E-state index in [9.17, 15) is 15.0 Å². The predicted molar refractivity (Wildman–Crippen MR) is 95.5 cm³/mol. The first-order valence-electron chi connectivity index (χ1n) is 9.28. The molecule has 2 fully saturated rings. The monoisotopic (exact) mass is 332 g/mol. The summed E-state index contributed by atoms with van der Waals surface area (Å²) in [6.45, 7) is 12.7. The molecule has 134 valence electrons. The molecule has 3 nitrogen and oxygen atoms in total. The molecule has 0 spiro atoms. The van der Waals surface area contributed by atoms with Crippen molar-refractivity contribution in [3.05, 3.63) is 24.3 Å². The summed E-state index contributed by atoms with van der Waals surface area (Å²) in [5.74, 6) is -0.638. The van der Waals surface area contributed by atoms with Crippen LogP contribution in [0.4, 0.5) is 0 Å². The highest BCUT2D eigenvalue weighted by Gasteiger charge is 2.64. The molecule has 24 heavy (non-hydrogen) atoms. The molecule has 3 aliphatic carbocycles. The fraction of sp³-hybridized carbons (Fsp3) is 0.762. The molecular weight excluding hydrogens is 300 g/mol. The quantitative estimate of drug-likeness (QED) is 0.728. The Morgan fingerprint density at radius 3 is 2.50 bits per heavy atom. The van der Waals surface area contributed by atoms with E-state index in [2.05, 4.69) is 33.4 Å². The van der Waals surface area contributed by atoms with Gasteiger partial charge in [0.1, 0.15) is 0 Å². The van der Waals surface area contributed by atoms with Crippen LogP contribution >= 0.6 is 0 Å². The molecule has 6 unspecified atom stereocenters. The molecule has 6 atom stereocenters. The van der Waals surface area contributed by atoms with Crippen molar-refractivity contribution in [1.82, 2.24) is 0 Å². The summed E-state index contributed by atoms with van der Waals surface area (Å²) < 4.78 is 0. The standard InChI is InChI=1S/C21H32O3/c1-6-18(2)9-10-20(4)14(11-18)7-8-16-19(3,17(23)24)12-15(22)13-21(16,20)5/h6,11,15-16,22H,1,7-10,12-13H2,2-5H3,(H,23,24). The molecule has 0 aliphatic heterocycles. The Labute approximate surface area is 145 Å². The van der Waals surface area contributed by atoms with Crippen molar-refractivity contribution in [2.45, 2.75) is 72.3 Å². The van der Waals surface area contributed by atoms with Gasteiger partial charge in [0.25, 0.3) is 0 Å². The average molecular weight is 332 g/mol. The van der Waals surface area contributed by atoms with E-state index >= 15 is 0 Å². The Morgan fingerprint density at radius 1 is 1.25 bits per heavy atom. The molecule has 0 aromatic rings. The van der Waals surface area contributed by atoms with Crippen LogP contribution in [0.3, 0.4) is 0 Å². The smallest absolute Gasteiger partial charge is 0.309 e. The van der Waals surface area contributed by atoms with Gasteiger partial charge in [0.2, 0.25) is 0 Å². The van der Waals surface area contributed by atoms with E-state index in [1.807, 2.05) is 13.0 Å². The lowest BCUT2D eigenvalue weighted by Crippen LogP contribution is -2.61. The lowest BCUT2D eigenvalue weighted by Gasteiger charge is -2.64. The number of fused-ring (bicyclic) bond motifs is 3. The molecule has 3 aliphatic rings. The van der Waals surface area contributed by atoms with Crippen molar-refractivity contribution in [3.63, 3.8) is 0 Å². The number of aliphatic hydroxyl groups is 1. The molecule has 0 aromatic carbocycles. The van der Waals surface area contributed by atoms with Crippen LogP contribution in [-0.4, -0.2) is 22.3 Å². The Hall–Kier alpha value is -1.09. The van der Waals surface area contributed by atoms with Gasteiger partial charge in [-0.2, -0.15) is 0 Å². The van der Waals surface area contributed by atoms with Gasteiger partial charge in [-0.05, 0) is 62.2 Å². The highest BCUT2D eigenvalue weighted by atomic mass is 16.4. The van der Waals surface area contributed by atoms with Gasteiger partial charge >= 0.3 is 5.97 Å². The van der Waals surface area contributed by atoms with Crippen molar-refractivity contribution < 1.29 is 15.0 Å². The Bertz CT molecular complexity index is 608. The second-order valence-corrected chi connectivity index (χ2v) is 9.51. The molecular formula is C21H32O3. The maximum Gasteiger partial charge on any atom is 0.309 e. The first-order valence-corrected chi connectivity index (χ1v) is 9.28. The van der Waals surface area contributed by atoms with Gasteiger partial charge < -0.3 is 10.2 Å². The maximum atomic E-state index is 12.1. The molecule has 0 aromatic heterocycles. The van der Waals surface area contributed by atoms with Gasteiger partial charge in [-0.1, -0.05) is 38.5 Å². The van der Waals surface area contributed by atoms with E-state index in [1.54, 1.807) is 0 Å². The van der Waals surface area contributed by atoms with Crippen LogP contribution < -0.4 is 0 Å². The molecule has 2 N–H and O–H groups in total. The summed E-state index contributed by atoms with van der Waals surface area (Å²) in [4.78, 5) is 12.1. The molecule has 0 radical (unpaired) electrons. The highest BCUT2D eigenvalue weighted by Crippen LogP contribution is 2.69. The molecule has 0 bridgehead atoms. The minimum atomic E-state index is -0.833. The van der Waals surface area contributed by atoms with Gasteiger partial charge in [0, 0.05) is 5.41 Å². The van der Waals surface area contributed by atoms with E-state index in [1.165, 1.54) is 5.57 Å². The van der Waals surface area contributed by atoms with Crippen LogP contribution in [0, 0.1) is 27.6 Å². The Morgan fingerprint density at radius 2 is 1.92 bits per heavy atom. The van der Waals surface area contributed by atoms with Crippen molar-refractivity contribution >= 4 is 5.97 Å². The van der Waals surface area contributed by atoms with E-state index in [0.717, 1.165) is 25.7 Å². The molecule has 3 heteroatoms. The maximum absolute atomic E-state index is 12.1. The fourth-order valence-electron chi connectivity index (χ4n) is 6.29. The summed E-state index contributed by atoms with van der Waals surface area (Å²) in [5.41, 5.74) is 0.458. The average Bonchev–Trinajstić information content (AvgIpc) is 2.48. The summed E-state index contributed by atoms with van der Waals surface area (Å²) >= 11 is 0. The second kappa shape index (κ2) is 5.20. The van der Waals surface area contributed by atoms with Crippen molar-refractivity contribution in [2.24, 2.45) is 27.6 Å². The van der Waals surface area contributed by atoms with Gasteiger partial charge in [-0.15, -0.1) is 6.58 Å². The Balaban J connectivity index is 2.11. The third-order valence-corrected chi connectivity index (χ3v) is 8.15. The van der Waals surface area contributed by atoms with Gasteiger partial charge in [-0.3, -0.25) is 4.79 Å². The lowest BCUT2D eigenvalue weighted by atomic mass is 9.39. The number of carbonyl (C=O) groups is 1. The SMILES string of the molecule is C=CC1(C)C=C2CCC3C(C)(C(=O)O)CC(O)CC3(C)C2(C)CC1. The molecule has 2 saturated carbocycles. The van der Waals surface area contributed by atoms with E-state index < -0.39 is 17.5 Å². The third-order valence-electron chi connectivity index (χ3n) is 8.15. The third kappa shape index (κ3) is 2.16. The fourth-order valence-corrected chi connectivity index (χ4v) is 6.29. The van der Waals surface area contributed by atoms with E-state index in [0.29, 0.717) is 12.8 Å². The number of hydrogen-bond acceptors (Lipinski definition) is 2.